The van der Waals surface area contributed by atoms with Gasteiger partial charge in [-0.3, -0.25) is 4.68 Å². The van der Waals surface area contributed by atoms with Crippen LogP contribution in [0.5, 0.6) is 0 Å². The summed E-state index contributed by atoms with van der Waals surface area (Å²) in [5.74, 6) is -0.207. The van der Waals surface area contributed by atoms with Crippen molar-refractivity contribution in [2.45, 2.75) is 39.3 Å². The third-order valence-electron chi connectivity index (χ3n) is 3.31. The standard InChI is InChI=1S/C16H21BrFN3/c1-3-7-19-16(12-10-20-21(11-12)8-4-2)14-6-5-13(17)9-15(14)18/h5-6,9-11,16,19H,3-4,7-8H2,1-2H3. The van der Waals surface area contributed by atoms with Crippen molar-refractivity contribution in [3.05, 3.63) is 52.0 Å². The topological polar surface area (TPSA) is 29.9 Å². The zero-order valence-corrected chi connectivity index (χ0v) is 14.0. The predicted molar refractivity (Wildman–Crippen MR) is 86.8 cm³/mol. The van der Waals surface area contributed by atoms with Gasteiger partial charge in [0.15, 0.2) is 0 Å². The van der Waals surface area contributed by atoms with Crippen molar-refractivity contribution in [3.63, 3.8) is 0 Å². The van der Waals surface area contributed by atoms with Gasteiger partial charge >= 0.3 is 0 Å². The molecule has 1 heterocycles. The average molecular weight is 354 g/mol. The second-order valence-corrected chi connectivity index (χ2v) is 6.01. The van der Waals surface area contributed by atoms with Gasteiger partial charge in [-0.05, 0) is 31.5 Å². The fourth-order valence-electron chi connectivity index (χ4n) is 2.31. The maximum Gasteiger partial charge on any atom is 0.129 e. The molecule has 0 aliphatic rings. The lowest BCUT2D eigenvalue weighted by molar-refractivity contribution is 0.544. The van der Waals surface area contributed by atoms with Crippen LogP contribution in [-0.2, 0) is 6.54 Å². The van der Waals surface area contributed by atoms with Gasteiger partial charge < -0.3 is 5.32 Å². The molecule has 1 aromatic carbocycles. The summed E-state index contributed by atoms with van der Waals surface area (Å²) in [5, 5.41) is 7.76. The highest BCUT2D eigenvalue weighted by Gasteiger charge is 2.19. The quantitative estimate of drug-likeness (QED) is 0.804. The predicted octanol–water partition coefficient (Wildman–Crippen LogP) is 4.28. The number of rotatable bonds is 7. The normalized spacial score (nSPS) is 12.6. The molecule has 0 aliphatic carbocycles. The summed E-state index contributed by atoms with van der Waals surface area (Å²) >= 11 is 3.30. The lowest BCUT2D eigenvalue weighted by Crippen LogP contribution is -2.23. The number of benzene rings is 1. The number of hydrogen-bond donors (Lipinski definition) is 1. The van der Waals surface area contributed by atoms with Crippen LogP contribution in [0.25, 0.3) is 0 Å². The van der Waals surface area contributed by atoms with E-state index < -0.39 is 0 Å². The highest BCUT2D eigenvalue weighted by Crippen LogP contribution is 2.26. The SMILES string of the molecule is CCCNC(c1cnn(CCC)c1)c1ccc(Br)cc1F. The van der Waals surface area contributed by atoms with Crippen LogP contribution < -0.4 is 5.32 Å². The van der Waals surface area contributed by atoms with E-state index in [4.69, 9.17) is 0 Å². The molecule has 114 valence electrons. The van der Waals surface area contributed by atoms with Crippen LogP contribution in [0.4, 0.5) is 4.39 Å². The summed E-state index contributed by atoms with van der Waals surface area (Å²) in [6.45, 7) is 5.92. The molecule has 1 N–H and O–H groups in total. The van der Waals surface area contributed by atoms with E-state index in [-0.39, 0.29) is 11.9 Å². The van der Waals surface area contributed by atoms with E-state index in [1.165, 1.54) is 6.07 Å². The van der Waals surface area contributed by atoms with Crippen LogP contribution >= 0.6 is 15.9 Å². The molecule has 21 heavy (non-hydrogen) atoms. The first-order valence-electron chi connectivity index (χ1n) is 7.36. The summed E-state index contributed by atoms with van der Waals surface area (Å²) < 4.78 is 16.9. The summed E-state index contributed by atoms with van der Waals surface area (Å²) in [6, 6.07) is 5.04. The zero-order chi connectivity index (χ0) is 15.2. The molecule has 0 amide bonds. The van der Waals surface area contributed by atoms with Crippen LogP contribution in [0.2, 0.25) is 0 Å². The molecular weight excluding hydrogens is 333 g/mol. The zero-order valence-electron chi connectivity index (χ0n) is 12.4. The molecule has 0 aliphatic heterocycles. The molecule has 0 saturated heterocycles. The molecule has 2 rings (SSSR count). The lowest BCUT2D eigenvalue weighted by Gasteiger charge is -2.18. The molecule has 5 heteroatoms. The van der Waals surface area contributed by atoms with Gasteiger partial charge in [-0.25, -0.2) is 4.39 Å². The number of aryl methyl sites for hydroxylation is 1. The van der Waals surface area contributed by atoms with E-state index in [0.717, 1.165) is 36.0 Å². The van der Waals surface area contributed by atoms with Crippen molar-refractivity contribution in [2.75, 3.05) is 6.54 Å². The molecule has 0 radical (unpaired) electrons. The molecular formula is C16H21BrFN3. The number of nitrogens with zero attached hydrogens (tertiary/aromatic N) is 2. The van der Waals surface area contributed by atoms with Crippen LogP contribution in [0.15, 0.2) is 35.1 Å². The third-order valence-corrected chi connectivity index (χ3v) is 3.80. The fourth-order valence-corrected chi connectivity index (χ4v) is 2.64. The van der Waals surface area contributed by atoms with E-state index in [1.807, 2.05) is 29.2 Å². The Kier molecular flexibility index (Phi) is 5.94. The third kappa shape index (κ3) is 4.14. The van der Waals surface area contributed by atoms with Crippen molar-refractivity contribution in [2.24, 2.45) is 0 Å². The maximum atomic E-state index is 14.3. The highest BCUT2D eigenvalue weighted by atomic mass is 79.9. The Morgan fingerprint density at radius 1 is 1.33 bits per heavy atom. The van der Waals surface area contributed by atoms with Crippen molar-refractivity contribution in [3.8, 4) is 0 Å². The second-order valence-electron chi connectivity index (χ2n) is 5.09. The summed E-state index contributed by atoms with van der Waals surface area (Å²) in [6.07, 6.45) is 5.85. The van der Waals surface area contributed by atoms with E-state index in [0.29, 0.717) is 5.56 Å². The Morgan fingerprint density at radius 3 is 2.81 bits per heavy atom. The molecule has 0 fully saturated rings. The van der Waals surface area contributed by atoms with E-state index in [2.05, 4.69) is 40.2 Å². The second kappa shape index (κ2) is 7.71. The van der Waals surface area contributed by atoms with Gasteiger partial charge in [-0.1, -0.05) is 35.8 Å². The van der Waals surface area contributed by atoms with Gasteiger partial charge in [0, 0.05) is 28.3 Å². The highest BCUT2D eigenvalue weighted by molar-refractivity contribution is 9.10. The van der Waals surface area contributed by atoms with Gasteiger partial charge in [0.25, 0.3) is 0 Å². The van der Waals surface area contributed by atoms with Crippen molar-refractivity contribution in [1.29, 1.82) is 0 Å². The number of nitrogens with one attached hydrogen (secondary N) is 1. The van der Waals surface area contributed by atoms with Crippen molar-refractivity contribution >= 4 is 15.9 Å². The van der Waals surface area contributed by atoms with E-state index >= 15 is 0 Å². The Morgan fingerprint density at radius 2 is 2.14 bits per heavy atom. The molecule has 1 atom stereocenters. The summed E-state index contributed by atoms with van der Waals surface area (Å²) in [4.78, 5) is 0. The molecule has 1 aromatic heterocycles. The van der Waals surface area contributed by atoms with Crippen LogP contribution in [0.1, 0.15) is 43.9 Å². The minimum absolute atomic E-state index is 0.163. The Hall–Kier alpha value is -1.20. The smallest absolute Gasteiger partial charge is 0.129 e. The van der Waals surface area contributed by atoms with Crippen molar-refractivity contribution < 1.29 is 4.39 Å². The van der Waals surface area contributed by atoms with Crippen LogP contribution in [0, 0.1) is 5.82 Å². The van der Waals surface area contributed by atoms with Crippen LogP contribution in [0.3, 0.4) is 0 Å². The molecule has 0 bridgehead atoms. The summed E-state index contributed by atoms with van der Waals surface area (Å²) in [5.41, 5.74) is 1.65. The first-order valence-corrected chi connectivity index (χ1v) is 8.15. The van der Waals surface area contributed by atoms with Gasteiger partial charge in [0.05, 0.1) is 12.2 Å². The Bertz CT molecular complexity index is 583. The Balaban J connectivity index is 2.32. The number of hydrogen-bond acceptors (Lipinski definition) is 2. The first kappa shape index (κ1) is 16.2. The minimum atomic E-state index is -0.207. The van der Waals surface area contributed by atoms with Crippen molar-refractivity contribution in [1.82, 2.24) is 15.1 Å². The molecule has 2 aromatic rings. The average Bonchev–Trinajstić information content (AvgIpc) is 2.90. The molecule has 3 nitrogen and oxygen atoms in total. The van der Waals surface area contributed by atoms with Gasteiger partial charge in [-0.15, -0.1) is 0 Å². The fraction of sp³-hybridized carbons (Fsp3) is 0.438. The van der Waals surface area contributed by atoms with Gasteiger partial charge in [0.1, 0.15) is 5.82 Å². The number of halogens is 2. The largest absolute Gasteiger partial charge is 0.306 e. The lowest BCUT2D eigenvalue weighted by atomic mass is 10.0. The number of aromatic nitrogens is 2. The molecule has 1 unspecified atom stereocenters. The van der Waals surface area contributed by atoms with E-state index in [9.17, 15) is 4.39 Å². The van der Waals surface area contributed by atoms with Gasteiger partial charge in [0.2, 0.25) is 0 Å². The first-order chi connectivity index (χ1) is 10.2. The monoisotopic (exact) mass is 353 g/mol. The van der Waals surface area contributed by atoms with Gasteiger partial charge in [-0.2, -0.15) is 5.10 Å². The molecule has 0 saturated carbocycles. The summed E-state index contributed by atoms with van der Waals surface area (Å²) in [7, 11) is 0. The van der Waals surface area contributed by atoms with E-state index in [1.54, 1.807) is 0 Å². The molecule has 0 spiro atoms. The maximum absolute atomic E-state index is 14.3. The Labute approximate surface area is 133 Å². The minimum Gasteiger partial charge on any atom is -0.306 e. The van der Waals surface area contributed by atoms with Crippen LogP contribution in [-0.4, -0.2) is 16.3 Å².